The highest BCUT2D eigenvalue weighted by atomic mass is 19.4. The Labute approximate surface area is 137 Å². The largest absolute Gasteiger partial charge is 0.460 e. The van der Waals surface area contributed by atoms with Crippen LogP contribution in [0.5, 0.6) is 0 Å². The van der Waals surface area contributed by atoms with Gasteiger partial charge in [0, 0.05) is 7.11 Å². The standard InChI is InChI=1S/C8F14O3.CH4O/c9-3(10,5(13,14)7(17,18)19)1(23)25-2(24)4(11,12)6(15,16)8(20,21)22;1-2/h;2H,1H3. The van der Waals surface area contributed by atoms with E-state index < -0.39 is 48.0 Å². The third-order valence-electron chi connectivity index (χ3n) is 2.20. The molecule has 0 unspecified atom stereocenters. The first-order valence-electron chi connectivity index (χ1n) is 5.41. The lowest BCUT2D eigenvalue weighted by Gasteiger charge is -2.28. The summed E-state index contributed by atoms with van der Waals surface area (Å²) in [4.78, 5) is 20.7. The average molecular weight is 442 g/mol. The van der Waals surface area contributed by atoms with Gasteiger partial charge in [-0.1, -0.05) is 0 Å². The average Bonchev–Trinajstić information content (AvgIpc) is 2.46. The minimum atomic E-state index is -7.33. The highest BCUT2D eigenvalue weighted by Crippen LogP contribution is 2.49. The van der Waals surface area contributed by atoms with E-state index in [1.165, 1.54) is 0 Å². The minimum absolute atomic E-state index is 1.00. The van der Waals surface area contributed by atoms with E-state index in [9.17, 15) is 71.1 Å². The molecule has 0 fully saturated rings. The molecule has 0 bridgehead atoms. The summed E-state index contributed by atoms with van der Waals surface area (Å²) in [6.07, 6.45) is -14.4. The van der Waals surface area contributed by atoms with E-state index in [2.05, 4.69) is 0 Å². The Bertz CT molecular complexity index is 498. The van der Waals surface area contributed by atoms with Crippen LogP contribution in [0.15, 0.2) is 0 Å². The van der Waals surface area contributed by atoms with Gasteiger partial charge in [-0.05, 0) is 0 Å². The Morgan fingerprint density at radius 1 is 0.556 bits per heavy atom. The van der Waals surface area contributed by atoms with E-state index in [1.807, 2.05) is 4.74 Å². The van der Waals surface area contributed by atoms with Crippen LogP contribution in [0.1, 0.15) is 0 Å². The lowest BCUT2D eigenvalue weighted by atomic mass is 10.1. The molecule has 0 radical (unpaired) electrons. The molecule has 0 atom stereocenters. The Morgan fingerprint density at radius 2 is 0.741 bits per heavy atom. The zero-order chi connectivity index (χ0) is 22.9. The maximum absolute atomic E-state index is 12.6. The molecule has 0 saturated heterocycles. The Balaban J connectivity index is 0. The number of hydrogen-bond donors (Lipinski definition) is 1. The van der Waals surface area contributed by atoms with Gasteiger partial charge in [-0.2, -0.15) is 61.5 Å². The lowest BCUT2D eigenvalue weighted by Crippen LogP contribution is -2.60. The number of aliphatic hydroxyl groups is 1. The van der Waals surface area contributed by atoms with Crippen molar-refractivity contribution in [3.05, 3.63) is 0 Å². The molecular weight excluding hydrogens is 438 g/mol. The number of rotatable bonds is 4. The van der Waals surface area contributed by atoms with Gasteiger partial charge in [0.05, 0.1) is 0 Å². The quantitative estimate of drug-likeness (QED) is 0.413. The van der Waals surface area contributed by atoms with Gasteiger partial charge in [0.15, 0.2) is 0 Å². The van der Waals surface area contributed by atoms with Gasteiger partial charge in [-0.15, -0.1) is 0 Å². The molecule has 0 spiro atoms. The van der Waals surface area contributed by atoms with Gasteiger partial charge in [0.25, 0.3) is 0 Å². The van der Waals surface area contributed by atoms with Gasteiger partial charge < -0.3 is 9.84 Å². The van der Waals surface area contributed by atoms with Crippen LogP contribution in [0, 0.1) is 0 Å². The molecule has 0 aromatic heterocycles. The molecule has 0 aromatic carbocycles. The predicted octanol–water partition coefficient (Wildman–Crippen LogP) is 3.33. The van der Waals surface area contributed by atoms with Crippen LogP contribution in [-0.2, 0) is 14.3 Å². The Morgan fingerprint density at radius 3 is 0.889 bits per heavy atom. The van der Waals surface area contributed by atoms with Crippen LogP contribution in [-0.4, -0.2) is 60.2 Å². The fraction of sp³-hybridized carbons (Fsp3) is 0.778. The first kappa shape index (κ1) is 27.3. The second-order valence-corrected chi connectivity index (χ2v) is 3.97. The highest BCUT2D eigenvalue weighted by molar-refractivity contribution is 5.93. The summed E-state index contributed by atoms with van der Waals surface area (Å²) in [5, 5.41) is 7.00. The summed E-state index contributed by atoms with van der Waals surface area (Å²) in [5.41, 5.74) is 0. The van der Waals surface area contributed by atoms with Crippen LogP contribution < -0.4 is 0 Å². The van der Waals surface area contributed by atoms with Gasteiger partial charge in [-0.25, -0.2) is 9.59 Å². The summed E-state index contributed by atoms with van der Waals surface area (Å²) >= 11 is 0. The molecule has 0 aliphatic carbocycles. The predicted molar refractivity (Wildman–Crippen MR) is 51.1 cm³/mol. The Kier molecular flexibility index (Phi) is 7.72. The maximum Gasteiger partial charge on any atom is 0.460 e. The summed E-state index contributed by atoms with van der Waals surface area (Å²) in [6, 6.07) is 0. The summed E-state index contributed by atoms with van der Waals surface area (Å²) < 4.78 is 172. The molecule has 0 aliphatic heterocycles. The second-order valence-electron chi connectivity index (χ2n) is 3.97. The van der Waals surface area contributed by atoms with Crippen molar-refractivity contribution in [3.63, 3.8) is 0 Å². The number of carbonyl (C=O) groups excluding carboxylic acids is 2. The van der Waals surface area contributed by atoms with Crippen molar-refractivity contribution in [2.75, 3.05) is 7.11 Å². The van der Waals surface area contributed by atoms with Gasteiger partial charge in [0.2, 0.25) is 0 Å². The number of aliphatic hydroxyl groups excluding tert-OH is 1. The number of hydrogen-bond acceptors (Lipinski definition) is 4. The molecule has 0 saturated carbocycles. The van der Waals surface area contributed by atoms with E-state index in [0.29, 0.717) is 0 Å². The van der Waals surface area contributed by atoms with Crippen molar-refractivity contribution in [1.82, 2.24) is 0 Å². The van der Waals surface area contributed by atoms with Crippen LogP contribution in [0.3, 0.4) is 0 Å². The van der Waals surface area contributed by atoms with Crippen LogP contribution in [0.25, 0.3) is 0 Å². The van der Waals surface area contributed by atoms with E-state index in [0.717, 1.165) is 7.11 Å². The minimum Gasteiger partial charge on any atom is -0.400 e. The van der Waals surface area contributed by atoms with Crippen molar-refractivity contribution in [2.45, 2.75) is 36.0 Å². The van der Waals surface area contributed by atoms with Crippen molar-refractivity contribution < 1.29 is 80.9 Å². The molecule has 4 nitrogen and oxygen atoms in total. The number of ether oxygens (including phenoxy) is 1. The monoisotopic (exact) mass is 442 g/mol. The zero-order valence-corrected chi connectivity index (χ0v) is 12.0. The summed E-state index contributed by atoms with van der Waals surface area (Å²) in [6.45, 7) is 0. The molecule has 162 valence electrons. The first-order chi connectivity index (χ1) is 11.5. The normalized spacial score (nSPS) is 14.2. The summed E-state index contributed by atoms with van der Waals surface area (Å²) in [7, 11) is 1.00. The van der Waals surface area contributed by atoms with Gasteiger partial charge >= 0.3 is 48.0 Å². The fourth-order valence-corrected chi connectivity index (χ4v) is 0.825. The second kappa shape index (κ2) is 7.63. The van der Waals surface area contributed by atoms with Crippen molar-refractivity contribution in [3.8, 4) is 0 Å². The van der Waals surface area contributed by atoms with E-state index >= 15 is 0 Å². The fourth-order valence-electron chi connectivity index (χ4n) is 0.825. The molecule has 1 N–H and O–H groups in total. The first-order valence-corrected chi connectivity index (χ1v) is 5.41. The van der Waals surface area contributed by atoms with E-state index in [1.54, 1.807) is 0 Å². The summed E-state index contributed by atoms with van der Waals surface area (Å²) in [5.74, 6) is -37.7. The molecular formula is C9H4F14O4. The molecule has 0 rings (SSSR count). The van der Waals surface area contributed by atoms with Crippen molar-refractivity contribution >= 4 is 11.9 Å². The molecule has 0 aliphatic rings. The van der Waals surface area contributed by atoms with E-state index in [-0.39, 0.29) is 0 Å². The molecule has 18 heteroatoms. The third kappa shape index (κ3) is 4.70. The number of carbonyl (C=O) groups is 2. The zero-order valence-electron chi connectivity index (χ0n) is 12.0. The molecule has 27 heavy (non-hydrogen) atoms. The van der Waals surface area contributed by atoms with Crippen LogP contribution in [0.2, 0.25) is 0 Å². The molecule has 0 aromatic rings. The van der Waals surface area contributed by atoms with Crippen LogP contribution in [0.4, 0.5) is 61.5 Å². The third-order valence-corrected chi connectivity index (χ3v) is 2.20. The maximum atomic E-state index is 12.6. The van der Waals surface area contributed by atoms with E-state index in [4.69, 9.17) is 5.11 Å². The highest BCUT2D eigenvalue weighted by Gasteiger charge is 2.80. The molecule has 0 amide bonds. The SMILES string of the molecule is CO.O=C(OC(=O)C(F)(F)C(F)(F)C(F)(F)F)C(F)(F)C(F)(F)C(F)(F)F. The number of halogens is 14. The van der Waals surface area contributed by atoms with Gasteiger partial charge in [0.1, 0.15) is 0 Å². The van der Waals surface area contributed by atoms with Gasteiger partial charge in [-0.3, -0.25) is 0 Å². The number of alkyl halides is 14. The van der Waals surface area contributed by atoms with Crippen molar-refractivity contribution in [2.24, 2.45) is 0 Å². The number of esters is 2. The van der Waals surface area contributed by atoms with Crippen LogP contribution >= 0.6 is 0 Å². The van der Waals surface area contributed by atoms with Crippen molar-refractivity contribution in [1.29, 1.82) is 0 Å². The Hall–Kier alpha value is -1.88. The molecule has 0 heterocycles. The lowest BCUT2D eigenvalue weighted by molar-refractivity contribution is -0.354. The topological polar surface area (TPSA) is 63.6 Å². The smallest absolute Gasteiger partial charge is 0.400 e.